The van der Waals surface area contributed by atoms with Gasteiger partial charge in [0.1, 0.15) is 0 Å². The Morgan fingerprint density at radius 2 is 2.29 bits per heavy atom. The Labute approximate surface area is 108 Å². The van der Waals surface area contributed by atoms with Gasteiger partial charge in [-0.3, -0.25) is 0 Å². The van der Waals surface area contributed by atoms with Gasteiger partial charge in [-0.25, -0.2) is 0 Å². The Kier molecular flexibility index (Phi) is 3.76. The molecule has 1 aromatic carbocycles. The summed E-state index contributed by atoms with van der Waals surface area (Å²) in [5.74, 6) is 0. The zero-order valence-corrected chi connectivity index (χ0v) is 11.0. The molecule has 0 aliphatic heterocycles. The number of hydrogen-bond acceptors (Lipinski definition) is 2. The number of rotatable bonds is 4. The van der Waals surface area contributed by atoms with Gasteiger partial charge in [0.25, 0.3) is 0 Å². The molecule has 2 unspecified atom stereocenters. The molecule has 0 amide bonds. The first-order valence-corrected chi connectivity index (χ1v) is 6.67. The molecular formula is C14H20ClNO. The second-order valence-corrected chi connectivity index (χ2v) is 5.38. The summed E-state index contributed by atoms with van der Waals surface area (Å²) in [4.78, 5) is 0. The van der Waals surface area contributed by atoms with Crippen molar-refractivity contribution in [2.45, 2.75) is 44.1 Å². The minimum absolute atomic E-state index is 0.0522. The van der Waals surface area contributed by atoms with Crippen molar-refractivity contribution in [3.8, 4) is 0 Å². The first kappa shape index (κ1) is 12.9. The second-order valence-electron chi connectivity index (χ2n) is 4.95. The quantitative estimate of drug-likeness (QED) is 0.867. The predicted molar refractivity (Wildman–Crippen MR) is 71.4 cm³/mol. The molecule has 1 aliphatic rings. The number of hydrogen-bond donors (Lipinski definition) is 2. The Morgan fingerprint density at radius 3 is 2.94 bits per heavy atom. The van der Waals surface area contributed by atoms with E-state index in [9.17, 15) is 5.11 Å². The lowest BCUT2D eigenvalue weighted by atomic mass is 9.72. The Balaban J connectivity index is 2.45. The Bertz CT molecular complexity index is 407. The van der Waals surface area contributed by atoms with Crippen LogP contribution in [-0.2, 0) is 11.8 Å². The summed E-state index contributed by atoms with van der Waals surface area (Å²) in [6, 6.07) is 6.17. The third-order valence-electron chi connectivity index (χ3n) is 4.15. The molecule has 2 rings (SSSR count). The van der Waals surface area contributed by atoms with E-state index in [-0.39, 0.29) is 18.1 Å². The molecule has 3 N–H and O–H groups in total. The molecule has 2 nitrogen and oxygen atoms in total. The maximum Gasteiger partial charge on any atom is 0.0440 e. The van der Waals surface area contributed by atoms with Gasteiger partial charge in [-0.1, -0.05) is 24.6 Å². The molecule has 0 radical (unpaired) electrons. The van der Waals surface area contributed by atoms with E-state index < -0.39 is 0 Å². The van der Waals surface area contributed by atoms with Gasteiger partial charge >= 0.3 is 0 Å². The van der Waals surface area contributed by atoms with Crippen LogP contribution in [0.3, 0.4) is 0 Å². The summed E-state index contributed by atoms with van der Waals surface area (Å²) < 4.78 is 0. The normalized spacial score (nSPS) is 24.7. The van der Waals surface area contributed by atoms with E-state index in [1.54, 1.807) is 0 Å². The van der Waals surface area contributed by atoms with Crippen LogP contribution in [0.2, 0.25) is 5.02 Å². The number of nitrogens with two attached hydrogens (primary N) is 1. The van der Waals surface area contributed by atoms with E-state index in [1.165, 1.54) is 11.1 Å². The second kappa shape index (κ2) is 4.97. The van der Waals surface area contributed by atoms with Crippen molar-refractivity contribution in [1.82, 2.24) is 0 Å². The van der Waals surface area contributed by atoms with Crippen LogP contribution >= 0.6 is 11.6 Å². The Morgan fingerprint density at radius 1 is 1.53 bits per heavy atom. The van der Waals surface area contributed by atoms with Gasteiger partial charge in [0.15, 0.2) is 0 Å². The first-order valence-electron chi connectivity index (χ1n) is 6.29. The highest BCUT2D eigenvalue weighted by atomic mass is 35.5. The van der Waals surface area contributed by atoms with Gasteiger partial charge in [0.2, 0.25) is 0 Å². The van der Waals surface area contributed by atoms with Gasteiger partial charge < -0.3 is 10.8 Å². The number of halogens is 1. The average molecular weight is 254 g/mol. The maximum absolute atomic E-state index is 9.33. The molecule has 0 saturated carbocycles. The standard InChI is InChI=1S/C14H20ClNO/c1-2-13(16)14(7-8-17)6-5-10-9-11(15)3-4-12(10)14/h3-4,9,13,17H,2,5-8,16H2,1H3. The van der Waals surface area contributed by atoms with Crippen molar-refractivity contribution < 1.29 is 5.11 Å². The minimum atomic E-state index is -0.0522. The molecule has 1 aromatic rings. The molecule has 0 bridgehead atoms. The molecule has 17 heavy (non-hydrogen) atoms. The zero-order chi connectivity index (χ0) is 12.5. The Hall–Kier alpha value is -0.570. The largest absolute Gasteiger partial charge is 0.396 e. The molecule has 1 aliphatic carbocycles. The van der Waals surface area contributed by atoms with E-state index in [0.29, 0.717) is 0 Å². The lowest BCUT2D eigenvalue weighted by Crippen LogP contribution is -2.44. The molecule has 0 fully saturated rings. The molecule has 0 saturated heterocycles. The minimum Gasteiger partial charge on any atom is -0.396 e. The summed E-state index contributed by atoms with van der Waals surface area (Å²) in [7, 11) is 0. The lowest BCUT2D eigenvalue weighted by Gasteiger charge is -2.35. The highest BCUT2D eigenvalue weighted by molar-refractivity contribution is 6.30. The third-order valence-corrected chi connectivity index (χ3v) is 4.39. The molecule has 0 spiro atoms. The number of aryl methyl sites for hydroxylation is 1. The van der Waals surface area contributed by atoms with E-state index in [1.807, 2.05) is 12.1 Å². The van der Waals surface area contributed by atoms with Crippen LogP contribution in [0.4, 0.5) is 0 Å². The van der Waals surface area contributed by atoms with Crippen molar-refractivity contribution in [2.75, 3.05) is 6.61 Å². The fraction of sp³-hybridized carbons (Fsp3) is 0.571. The van der Waals surface area contributed by atoms with Gasteiger partial charge in [0, 0.05) is 23.1 Å². The van der Waals surface area contributed by atoms with Crippen LogP contribution in [0.5, 0.6) is 0 Å². The van der Waals surface area contributed by atoms with Crippen molar-refractivity contribution in [3.05, 3.63) is 34.3 Å². The van der Waals surface area contributed by atoms with Crippen LogP contribution in [0.1, 0.15) is 37.3 Å². The van der Waals surface area contributed by atoms with Crippen LogP contribution in [0, 0.1) is 0 Å². The van der Waals surface area contributed by atoms with Gasteiger partial charge in [0.05, 0.1) is 0 Å². The zero-order valence-electron chi connectivity index (χ0n) is 10.2. The van der Waals surface area contributed by atoms with Crippen molar-refractivity contribution in [1.29, 1.82) is 0 Å². The summed E-state index contributed by atoms with van der Waals surface area (Å²) in [6.45, 7) is 2.30. The molecule has 0 aromatic heterocycles. The van der Waals surface area contributed by atoms with Crippen LogP contribution in [0.25, 0.3) is 0 Å². The molecular weight excluding hydrogens is 234 g/mol. The van der Waals surface area contributed by atoms with E-state index in [2.05, 4.69) is 13.0 Å². The summed E-state index contributed by atoms with van der Waals surface area (Å²) >= 11 is 6.03. The average Bonchev–Trinajstić information content (AvgIpc) is 2.68. The summed E-state index contributed by atoms with van der Waals surface area (Å²) in [5.41, 5.74) is 8.85. The third kappa shape index (κ3) is 2.10. The SMILES string of the molecule is CCC(N)C1(CCO)CCc2cc(Cl)ccc21. The molecule has 0 heterocycles. The van der Waals surface area contributed by atoms with Gasteiger partial charge in [-0.2, -0.15) is 0 Å². The number of aliphatic hydroxyl groups excluding tert-OH is 1. The van der Waals surface area contributed by atoms with Crippen molar-refractivity contribution in [2.24, 2.45) is 5.73 Å². The van der Waals surface area contributed by atoms with Crippen LogP contribution in [-0.4, -0.2) is 17.8 Å². The van der Waals surface area contributed by atoms with Crippen LogP contribution < -0.4 is 5.73 Å². The molecule has 94 valence electrons. The van der Waals surface area contributed by atoms with Gasteiger partial charge in [-0.05, 0) is 48.9 Å². The van der Waals surface area contributed by atoms with E-state index >= 15 is 0 Å². The summed E-state index contributed by atoms with van der Waals surface area (Å²) in [5, 5.41) is 10.1. The fourth-order valence-corrected chi connectivity index (χ4v) is 3.36. The molecule has 2 atom stereocenters. The first-order chi connectivity index (χ1) is 8.14. The maximum atomic E-state index is 9.33. The fourth-order valence-electron chi connectivity index (χ4n) is 3.17. The van der Waals surface area contributed by atoms with E-state index in [4.69, 9.17) is 17.3 Å². The van der Waals surface area contributed by atoms with Crippen molar-refractivity contribution >= 4 is 11.6 Å². The van der Waals surface area contributed by atoms with Crippen molar-refractivity contribution in [3.63, 3.8) is 0 Å². The van der Waals surface area contributed by atoms with Gasteiger partial charge in [-0.15, -0.1) is 0 Å². The van der Waals surface area contributed by atoms with Crippen LogP contribution in [0.15, 0.2) is 18.2 Å². The molecule has 3 heteroatoms. The lowest BCUT2D eigenvalue weighted by molar-refractivity contribution is 0.211. The highest BCUT2D eigenvalue weighted by Gasteiger charge is 2.42. The smallest absolute Gasteiger partial charge is 0.0440 e. The summed E-state index contributed by atoms with van der Waals surface area (Å²) in [6.07, 6.45) is 3.72. The topological polar surface area (TPSA) is 46.2 Å². The predicted octanol–water partition coefficient (Wildman–Crippen LogP) is 2.64. The van der Waals surface area contributed by atoms with E-state index in [0.717, 1.165) is 30.7 Å². The number of benzene rings is 1. The number of aliphatic hydroxyl groups is 1. The monoisotopic (exact) mass is 253 g/mol. The number of fused-ring (bicyclic) bond motifs is 1. The highest BCUT2D eigenvalue weighted by Crippen LogP contribution is 2.44.